The van der Waals surface area contributed by atoms with E-state index in [4.69, 9.17) is 9.84 Å². The molecule has 34 heavy (non-hydrogen) atoms. The van der Waals surface area contributed by atoms with Crippen molar-refractivity contribution in [2.24, 2.45) is 5.92 Å². The van der Waals surface area contributed by atoms with Gasteiger partial charge in [0.2, 0.25) is 5.91 Å². The summed E-state index contributed by atoms with van der Waals surface area (Å²) in [6.07, 6.45) is 2.59. The fourth-order valence-electron chi connectivity index (χ4n) is 4.32. The van der Waals surface area contributed by atoms with E-state index in [0.29, 0.717) is 31.7 Å². The first-order valence-corrected chi connectivity index (χ1v) is 12.9. The number of carbonyl (C=O) groups excluding carboxylic acids is 2. The minimum Gasteiger partial charge on any atom is -0.480 e. The highest BCUT2D eigenvalue weighted by Gasteiger charge is 2.29. The number of benzene rings is 2. The molecule has 0 heterocycles. The number of hydrogen-bond donors (Lipinski definition) is 2. The van der Waals surface area contributed by atoms with E-state index in [0.717, 1.165) is 11.1 Å². The summed E-state index contributed by atoms with van der Waals surface area (Å²) in [5.41, 5.74) is 4.69. The number of alkyl carbamates (subject to hydrolysis) is 1. The van der Waals surface area contributed by atoms with Gasteiger partial charge >= 0.3 is 12.1 Å². The van der Waals surface area contributed by atoms with E-state index in [2.05, 4.69) is 29.6 Å². The molecule has 182 valence electrons. The molecular formula is C26H32N2O5S. The molecule has 1 aliphatic rings. The number of nitrogens with zero attached hydrogens (tertiary/aromatic N) is 1. The zero-order chi connectivity index (χ0) is 24.5. The SMILES string of the molecule is CSCCN(CC(=O)O)C(=O)C(C)CCCNC(=O)OCC1c2ccccc2-c2ccccc21. The Labute approximate surface area is 204 Å². The fourth-order valence-corrected chi connectivity index (χ4v) is 4.72. The molecule has 0 spiro atoms. The van der Waals surface area contributed by atoms with Gasteiger partial charge in [-0.1, -0.05) is 55.5 Å². The van der Waals surface area contributed by atoms with E-state index in [-0.39, 0.29) is 30.9 Å². The molecule has 1 atom stereocenters. The lowest BCUT2D eigenvalue weighted by Gasteiger charge is -2.24. The molecule has 8 heteroatoms. The topological polar surface area (TPSA) is 95.9 Å². The van der Waals surface area contributed by atoms with E-state index in [9.17, 15) is 14.4 Å². The van der Waals surface area contributed by atoms with Crippen LogP contribution in [0.25, 0.3) is 11.1 Å². The van der Waals surface area contributed by atoms with E-state index in [1.807, 2.05) is 30.5 Å². The number of ether oxygens (including phenoxy) is 1. The first kappa shape index (κ1) is 25.6. The summed E-state index contributed by atoms with van der Waals surface area (Å²) in [7, 11) is 0. The largest absolute Gasteiger partial charge is 0.480 e. The molecule has 0 radical (unpaired) electrons. The zero-order valence-corrected chi connectivity index (χ0v) is 20.5. The van der Waals surface area contributed by atoms with Gasteiger partial charge in [0.25, 0.3) is 0 Å². The molecule has 0 aromatic heterocycles. The Hall–Kier alpha value is -3.00. The van der Waals surface area contributed by atoms with Crippen molar-refractivity contribution in [2.45, 2.75) is 25.7 Å². The highest BCUT2D eigenvalue weighted by atomic mass is 32.2. The molecule has 0 fully saturated rings. The number of rotatable bonds is 12. The molecule has 3 rings (SSSR count). The standard InChI is InChI=1S/C26H32N2O5S/c1-18(25(31)28(14-15-34-2)16-24(29)30)8-7-13-27-26(32)33-17-23-21-11-5-3-9-19(21)20-10-4-6-12-22(20)23/h3-6,9-12,18,23H,7-8,13-17H2,1-2H3,(H,27,32)(H,29,30). The van der Waals surface area contributed by atoms with Gasteiger partial charge in [-0.15, -0.1) is 0 Å². The zero-order valence-electron chi connectivity index (χ0n) is 19.7. The molecule has 2 aromatic rings. The molecule has 2 aromatic carbocycles. The average molecular weight is 485 g/mol. The summed E-state index contributed by atoms with van der Waals surface area (Å²) in [6, 6.07) is 16.4. The monoisotopic (exact) mass is 484 g/mol. The van der Waals surface area contributed by atoms with Crippen LogP contribution >= 0.6 is 11.8 Å². The molecule has 1 aliphatic carbocycles. The average Bonchev–Trinajstić information content (AvgIpc) is 3.16. The summed E-state index contributed by atoms with van der Waals surface area (Å²) in [5.74, 6) is -0.797. The van der Waals surface area contributed by atoms with Gasteiger partial charge in [-0.3, -0.25) is 9.59 Å². The van der Waals surface area contributed by atoms with Crippen molar-refractivity contribution in [2.75, 3.05) is 38.2 Å². The van der Waals surface area contributed by atoms with Crippen molar-refractivity contribution in [3.8, 4) is 11.1 Å². The quantitative estimate of drug-likeness (QED) is 0.438. The maximum Gasteiger partial charge on any atom is 0.407 e. The Morgan fingerprint density at radius 3 is 2.29 bits per heavy atom. The Balaban J connectivity index is 1.43. The molecular weight excluding hydrogens is 452 g/mol. The van der Waals surface area contributed by atoms with Gasteiger partial charge in [0.05, 0.1) is 0 Å². The third-order valence-electron chi connectivity index (χ3n) is 6.05. The lowest BCUT2D eigenvalue weighted by molar-refractivity contribution is -0.145. The lowest BCUT2D eigenvalue weighted by Crippen LogP contribution is -2.40. The molecule has 0 bridgehead atoms. The number of carboxylic acids is 1. The Bertz CT molecular complexity index is 967. The highest BCUT2D eigenvalue weighted by molar-refractivity contribution is 7.98. The second kappa shape index (κ2) is 12.5. The number of fused-ring (bicyclic) bond motifs is 3. The predicted molar refractivity (Wildman–Crippen MR) is 134 cm³/mol. The molecule has 0 saturated heterocycles. The van der Waals surface area contributed by atoms with E-state index < -0.39 is 12.1 Å². The second-order valence-electron chi connectivity index (χ2n) is 8.44. The van der Waals surface area contributed by atoms with E-state index in [1.54, 1.807) is 18.7 Å². The molecule has 1 unspecified atom stereocenters. The summed E-state index contributed by atoms with van der Waals surface area (Å²) < 4.78 is 5.53. The van der Waals surface area contributed by atoms with Crippen molar-refractivity contribution in [1.29, 1.82) is 0 Å². The predicted octanol–water partition coefficient (Wildman–Crippen LogP) is 4.22. The van der Waals surface area contributed by atoms with Crippen LogP contribution in [0.5, 0.6) is 0 Å². The number of nitrogens with one attached hydrogen (secondary N) is 1. The van der Waals surface area contributed by atoms with Crippen molar-refractivity contribution >= 4 is 29.7 Å². The molecule has 7 nitrogen and oxygen atoms in total. The van der Waals surface area contributed by atoms with Crippen molar-refractivity contribution in [1.82, 2.24) is 10.2 Å². The van der Waals surface area contributed by atoms with E-state index >= 15 is 0 Å². The van der Waals surface area contributed by atoms with Crippen LogP contribution < -0.4 is 5.32 Å². The number of thioether (sulfide) groups is 1. The van der Waals surface area contributed by atoms with Crippen LogP contribution in [0.1, 0.15) is 36.8 Å². The summed E-state index contributed by atoms with van der Waals surface area (Å²) in [5, 5.41) is 11.8. The van der Waals surface area contributed by atoms with Crippen LogP contribution in [0.2, 0.25) is 0 Å². The minimum absolute atomic E-state index is 0.0114. The maximum atomic E-state index is 12.6. The smallest absolute Gasteiger partial charge is 0.407 e. The van der Waals surface area contributed by atoms with Gasteiger partial charge in [-0.25, -0.2) is 4.79 Å². The Kier molecular flexibility index (Phi) is 9.39. The van der Waals surface area contributed by atoms with Crippen LogP contribution in [-0.2, 0) is 14.3 Å². The maximum absolute atomic E-state index is 12.6. The first-order valence-electron chi connectivity index (χ1n) is 11.5. The van der Waals surface area contributed by atoms with Gasteiger partial charge in [-0.05, 0) is 41.4 Å². The van der Waals surface area contributed by atoms with Crippen LogP contribution in [0.15, 0.2) is 48.5 Å². The first-order chi connectivity index (χ1) is 16.4. The Morgan fingerprint density at radius 1 is 1.09 bits per heavy atom. The molecule has 2 N–H and O–H groups in total. The molecule has 2 amide bonds. The van der Waals surface area contributed by atoms with Crippen LogP contribution in [0.3, 0.4) is 0 Å². The van der Waals surface area contributed by atoms with Crippen molar-refractivity contribution < 1.29 is 24.2 Å². The third kappa shape index (κ3) is 6.53. The summed E-state index contributed by atoms with van der Waals surface area (Å²) >= 11 is 1.57. The van der Waals surface area contributed by atoms with Crippen molar-refractivity contribution in [3.05, 3.63) is 59.7 Å². The van der Waals surface area contributed by atoms with Gasteiger partial charge in [-0.2, -0.15) is 11.8 Å². The number of hydrogen-bond acceptors (Lipinski definition) is 5. The lowest BCUT2D eigenvalue weighted by atomic mass is 9.98. The summed E-state index contributed by atoms with van der Waals surface area (Å²) in [4.78, 5) is 37.3. The van der Waals surface area contributed by atoms with Gasteiger partial charge in [0.15, 0.2) is 0 Å². The Morgan fingerprint density at radius 2 is 1.71 bits per heavy atom. The van der Waals surface area contributed by atoms with E-state index in [1.165, 1.54) is 16.0 Å². The fraction of sp³-hybridized carbons (Fsp3) is 0.423. The molecule has 0 saturated carbocycles. The van der Waals surface area contributed by atoms with Crippen LogP contribution in [0.4, 0.5) is 4.79 Å². The number of carboxylic acid groups (broad SMARTS) is 1. The minimum atomic E-state index is -1.02. The van der Waals surface area contributed by atoms with Gasteiger partial charge in [0, 0.05) is 30.7 Å². The third-order valence-corrected chi connectivity index (χ3v) is 6.64. The highest BCUT2D eigenvalue weighted by Crippen LogP contribution is 2.44. The second-order valence-corrected chi connectivity index (χ2v) is 9.43. The number of amides is 2. The van der Waals surface area contributed by atoms with Gasteiger partial charge < -0.3 is 20.1 Å². The van der Waals surface area contributed by atoms with Crippen molar-refractivity contribution in [3.63, 3.8) is 0 Å². The van der Waals surface area contributed by atoms with Crippen LogP contribution in [-0.4, -0.2) is 66.2 Å². The van der Waals surface area contributed by atoms with Gasteiger partial charge in [0.1, 0.15) is 13.2 Å². The normalized spacial score (nSPS) is 13.0. The number of aliphatic carboxylic acids is 1. The summed E-state index contributed by atoms with van der Waals surface area (Å²) in [6.45, 7) is 2.56. The number of carbonyl (C=O) groups is 3. The molecule has 0 aliphatic heterocycles. The van der Waals surface area contributed by atoms with Crippen LogP contribution in [0, 0.1) is 5.92 Å².